The highest BCUT2D eigenvalue weighted by Gasteiger charge is 2.22. The van der Waals surface area contributed by atoms with Crippen LogP contribution in [0, 0.1) is 0 Å². The number of hydrogen-bond donors (Lipinski definition) is 1. The minimum absolute atomic E-state index is 0.457. The van der Waals surface area contributed by atoms with Gasteiger partial charge in [0.1, 0.15) is 11.8 Å². The van der Waals surface area contributed by atoms with Gasteiger partial charge in [-0.2, -0.15) is 0 Å². The summed E-state index contributed by atoms with van der Waals surface area (Å²) in [5.41, 5.74) is 2.11. The molecule has 1 unspecified atom stereocenters. The average molecular weight is 330 g/mol. The average Bonchev–Trinajstić information content (AvgIpc) is 3.01. The maximum atomic E-state index is 10.4. The van der Waals surface area contributed by atoms with Crippen LogP contribution in [0.4, 0.5) is 5.88 Å². The number of aromatic nitrogens is 1. The number of anilines is 1. The van der Waals surface area contributed by atoms with Gasteiger partial charge in [-0.15, -0.1) is 0 Å². The fourth-order valence-electron chi connectivity index (χ4n) is 2.88. The van der Waals surface area contributed by atoms with Gasteiger partial charge in [0.2, 0.25) is 11.8 Å². The number of unbranched alkanes of at least 4 members (excludes halogenated alkanes) is 2. The Morgan fingerprint density at radius 3 is 2.42 bits per heavy atom. The van der Waals surface area contributed by atoms with Crippen molar-refractivity contribution in [3.63, 3.8) is 0 Å². The number of aliphatic hydroxyl groups excluding tert-OH is 1. The van der Waals surface area contributed by atoms with Crippen molar-refractivity contribution in [3.05, 3.63) is 47.5 Å². The van der Waals surface area contributed by atoms with E-state index in [9.17, 15) is 5.11 Å². The molecule has 4 heteroatoms. The normalized spacial score (nSPS) is 12.3. The molecule has 1 aromatic heterocycles. The van der Waals surface area contributed by atoms with Gasteiger partial charge in [-0.3, -0.25) is 0 Å². The van der Waals surface area contributed by atoms with Gasteiger partial charge in [-0.05, 0) is 25.8 Å². The first-order valence-electron chi connectivity index (χ1n) is 9.16. The first-order valence-corrected chi connectivity index (χ1v) is 9.16. The zero-order valence-electron chi connectivity index (χ0n) is 15.2. The fraction of sp³-hybridized carbons (Fsp3) is 0.550. The summed E-state index contributed by atoms with van der Waals surface area (Å²) in [6.45, 7) is 8.09. The third kappa shape index (κ3) is 4.84. The molecule has 0 aliphatic rings. The summed E-state index contributed by atoms with van der Waals surface area (Å²) in [4.78, 5) is 6.80. The van der Waals surface area contributed by atoms with E-state index < -0.39 is 6.10 Å². The molecular weight excluding hydrogens is 300 g/mol. The molecule has 0 saturated carbocycles. The van der Waals surface area contributed by atoms with E-state index in [2.05, 4.69) is 42.8 Å². The standard InChI is InChI=1S/C20H30N2O2/c1-4-7-9-14-18(23)19-21-17(15-16-12-10-8-11-13-16)20(24-19)22(5-2)6-3/h8,10-13,18,23H,4-7,9,14-15H2,1-3H3. The number of nitrogens with zero attached hydrogens (tertiary/aromatic N) is 2. The van der Waals surface area contributed by atoms with Crippen LogP contribution >= 0.6 is 0 Å². The van der Waals surface area contributed by atoms with Gasteiger partial charge < -0.3 is 14.4 Å². The van der Waals surface area contributed by atoms with Crippen molar-refractivity contribution in [1.29, 1.82) is 0 Å². The lowest BCUT2D eigenvalue weighted by atomic mass is 10.1. The Kier molecular flexibility index (Phi) is 7.32. The molecule has 132 valence electrons. The molecule has 1 aromatic carbocycles. The third-order valence-electron chi connectivity index (χ3n) is 4.32. The summed E-state index contributed by atoms with van der Waals surface area (Å²) >= 11 is 0. The largest absolute Gasteiger partial charge is 0.422 e. The van der Waals surface area contributed by atoms with Crippen molar-refractivity contribution in [1.82, 2.24) is 4.98 Å². The second-order valence-corrected chi connectivity index (χ2v) is 6.15. The van der Waals surface area contributed by atoms with Gasteiger partial charge >= 0.3 is 0 Å². The molecule has 1 atom stereocenters. The molecule has 2 aromatic rings. The SMILES string of the molecule is CCCCCC(O)c1nc(Cc2ccccc2)c(N(CC)CC)o1. The molecule has 2 rings (SSSR count). The van der Waals surface area contributed by atoms with E-state index in [4.69, 9.17) is 4.42 Å². The number of oxazole rings is 1. The Hall–Kier alpha value is -1.81. The van der Waals surface area contributed by atoms with E-state index in [-0.39, 0.29) is 0 Å². The van der Waals surface area contributed by atoms with Crippen molar-refractivity contribution >= 4 is 5.88 Å². The van der Waals surface area contributed by atoms with E-state index in [1.807, 2.05) is 18.2 Å². The number of hydrogen-bond acceptors (Lipinski definition) is 4. The summed E-state index contributed by atoms with van der Waals surface area (Å²) in [5.74, 6) is 1.26. The van der Waals surface area contributed by atoms with Crippen LogP contribution in [0.25, 0.3) is 0 Å². The van der Waals surface area contributed by atoms with Gasteiger partial charge in [0.05, 0.1) is 0 Å². The first kappa shape index (κ1) is 18.5. The highest BCUT2D eigenvalue weighted by molar-refractivity contribution is 5.43. The van der Waals surface area contributed by atoms with Crippen LogP contribution in [-0.2, 0) is 6.42 Å². The highest BCUT2D eigenvalue weighted by Crippen LogP contribution is 2.29. The molecule has 1 N–H and O–H groups in total. The Morgan fingerprint density at radius 1 is 1.08 bits per heavy atom. The zero-order chi connectivity index (χ0) is 17.4. The quantitative estimate of drug-likeness (QED) is 0.640. The Morgan fingerprint density at radius 2 is 1.79 bits per heavy atom. The van der Waals surface area contributed by atoms with Crippen LogP contribution in [0.5, 0.6) is 0 Å². The predicted octanol–water partition coefficient (Wildman–Crippen LogP) is 4.73. The maximum Gasteiger partial charge on any atom is 0.226 e. The molecule has 0 saturated heterocycles. The Labute approximate surface area is 145 Å². The second-order valence-electron chi connectivity index (χ2n) is 6.15. The van der Waals surface area contributed by atoms with E-state index in [0.29, 0.717) is 12.3 Å². The highest BCUT2D eigenvalue weighted by atomic mass is 16.4. The van der Waals surface area contributed by atoms with Crippen molar-refractivity contribution in [2.24, 2.45) is 0 Å². The Bertz CT molecular complexity index is 591. The van der Waals surface area contributed by atoms with Gasteiger partial charge in [-0.25, -0.2) is 4.98 Å². The van der Waals surface area contributed by atoms with Gasteiger partial charge in [0.25, 0.3) is 0 Å². The molecule has 0 aliphatic heterocycles. The van der Waals surface area contributed by atoms with Gasteiger partial charge in [-0.1, -0.05) is 56.5 Å². The summed E-state index contributed by atoms with van der Waals surface area (Å²) in [7, 11) is 0. The lowest BCUT2D eigenvalue weighted by molar-refractivity contribution is 0.131. The number of aliphatic hydroxyl groups is 1. The van der Waals surface area contributed by atoms with Crippen molar-refractivity contribution in [3.8, 4) is 0 Å². The molecule has 0 fully saturated rings. The fourth-order valence-corrected chi connectivity index (χ4v) is 2.88. The summed E-state index contributed by atoms with van der Waals surface area (Å²) < 4.78 is 5.99. The van der Waals surface area contributed by atoms with Gasteiger partial charge in [0, 0.05) is 19.5 Å². The molecule has 0 aliphatic carbocycles. The molecule has 1 heterocycles. The van der Waals surface area contributed by atoms with Crippen LogP contribution in [-0.4, -0.2) is 23.2 Å². The molecule has 4 nitrogen and oxygen atoms in total. The molecule has 0 bridgehead atoms. The molecule has 0 amide bonds. The van der Waals surface area contributed by atoms with Crippen LogP contribution < -0.4 is 4.90 Å². The lowest BCUT2D eigenvalue weighted by Crippen LogP contribution is -2.22. The minimum atomic E-state index is -0.615. The molecular formula is C20H30N2O2. The molecule has 0 radical (unpaired) electrons. The van der Waals surface area contributed by atoms with E-state index >= 15 is 0 Å². The monoisotopic (exact) mass is 330 g/mol. The lowest BCUT2D eigenvalue weighted by Gasteiger charge is -2.18. The summed E-state index contributed by atoms with van der Waals surface area (Å²) in [6.07, 6.45) is 4.07. The zero-order valence-corrected chi connectivity index (χ0v) is 15.2. The van der Waals surface area contributed by atoms with Crippen LogP contribution in [0.15, 0.2) is 34.7 Å². The smallest absolute Gasteiger partial charge is 0.226 e. The second kappa shape index (κ2) is 9.48. The van der Waals surface area contributed by atoms with E-state index in [1.54, 1.807) is 0 Å². The van der Waals surface area contributed by atoms with Crippen LogP contribution in [0.2, 0.25) is 0 Å². The first-order chi connectivity index (χ1) is 11.7. The van der Waals surface area contributed by atoms with Crippen LogP contribution in [0.1, 0.15) is 69.7 Å². The number of benzene rings is 1. The minimum Gasteiger partial charge on any atom is -0.422 e. The molecule has 24 heavy (non-hydrogen) atoms. The maximum absolute atomic E-state index is 10.4. The van der Waals surface area contributed by atoms with Gasteiger partial charge in [0.15, 0.2) is 0 Å². The van der Waals surface area contributed by atoms with Crippen LogP contribution in [0.3, 0.4) is 0 Å². The van der Waals surface area contributed by atoms with Crippen molar-refractivity contribution in [2.75, 3.05) is 18.0 Å². The predicted molar refractivity (Wildman–Crippen MR) is 98.4 cm³/mol. The van der Waals surface area contributed by atoms with E-state index in [1.165, 1.54) is 5.56 Å². The molecule has 0 spiro atoms. The number of rotatable bonds is 10. The third-order valence-corrected chi connectivity index (χ3v) is 4.32. The summed E-state index contributed by atoms with van der Waals surface area (Å²) in [6, 6.07) is 10.3. The van der Waals surface area contributed by atoms with Crippen molar-refractivity contribution in [2.45, 2.75) is 59.0 Å². The topological polar surface area (TPSA) is 49.5 Å². The summed E-state index contributed by atoms with van der Waals surface area (Å²) in [5, 5.41) is 10.4. The Balaban J connectivity index is 2.22. The van der Waals surface area contributed by atoms with E-state index in [0.717, 1.165) is 50.4 Å². The van der Waals surface area contributed by atoms with Crippen molar-refractivity contribution < 1.29 is 9.52 Å².